The topological polar surface area (TPSA) is 89.9 Å². The Kier molecular flexibility index (Phi) is 4.57. The number of hydrogen-bond acceptors (Lipinski definition) is 6. The van der Waals surface area contributed by atoms with E-state index in [4.69, 9.17) is 16.1 Å². The second kappa shape index (κ2) is 6.79. The Bertz CT molecular complexity index is 825. The summed E-state index contributed by atoms with van der Waals surface area (Å²) < 4.78 is 6.68. The SMILES string of the molecule is Cc1nn(CC(=O)N(C)Cc2nc(-c3ccccn3)no2)cc1Cl. The van der Waals surface area contributed by atoms with Crippen molar-refractivity contribution in [2.75, 3.05) is 7.05 Å². The number of aryl methyl sites for hydroxylation is 1. The average Bonchev–Trinajstić information content (AvgIpc) is 3.15. The minimum atomic E-state index is -0.147. The predicted octanol–water partition coefficient (Wildman–Crippen LogP) is 1.95. The highest BCUT2D eigenvalue weighted by Crippen LogP contribution is 2.14. The molecule has 0 radical (unpaired) electrons. The maximum atomic E-state index is 12.2. The van der Waals surface area contributed by atoms with Crippen molar-refractivity contribution in [3.05, 3.63) is 47.2 Å². The van der Waals surface area contributed by atoms with E-state index < -0.39 is 0 Å². The van der Waals surface area contributed by atoms with Crippen LogP contribution in [-0.2, 0) is 17.9 Å². The van der Waals surface area contributed by atoms with Crippen molar-refractivity contribution in [1.82, 2.24) is 29.8 Å². The van der Waals surface area contributed by atoms with Crippen LogP contribution in [0.2, 0.25) is 5.02 Å². The van der Waals surface area contributed by atoms with Gasteiger partial charge in [0, 0.05) is 19.4 Å². The van der Waals surface area contributed by atoms with E-state index in [0.717, 1.165) is 0 Å². The van der Waals surface area contributed by atoms with Gasteiger partial charge in [-0.1, -0.05) is 22.8 Å². The van der Waals surface area contributed by atoms with Crippen molar-refractivity contribution in [2.45, 2.75) is 20.0 Å². The van der Waals surface area contributed by atoms with E-state index in [1.165, 1.54) is 9.58 Å². The third kappa shape index (κ3) is 3.60. The first-order valence-corrected chi connectivity index (χ1v) is 7.58. The highest BCUT2D eigenvalue weighted by Gasteiger charge is 2.16. The Morgan fingerprint density at radius 1 is 1.42 bits per heavy atom. The summed E-state index contributed by atoms with van der Waals surface area (Å²) in [7, 11) is 1.66. The smallest absolute Gasteiger partial charge is 0.246 e. The van der Waals surface area contributed by atoms with Gasteiger partial charge >= 0.3 is 0 Å². The number of carbonyl (C=O) groups is 1. The molecule has 0 atom stereocenters. The van der Waals surface area contributed by atoms with Crippen LogP contribution < -0.4 is 0 Å². The van der Waals surface area contributed by atoms with E-state index in [1.54, 1.807) is 38.5 Å². The second-order valence-corrected chi connectivity index (χ2v) is 5.64. The molecule has 3 rings (SSSR count). The van der Waals surface area contributed by atoms with Crippen molar-refractivity contribution in [1.29, 1.82) is 0 Å². The number of aromatic nitrogens is 5. The van der Waals surface area contributed by atoms with Crippen molar-refractivity contribution >= 4 is 17.5 Å². The predicted molar refractivity (Wildman–Crippen MR) is 86.0 cm³/mol. The molecule has 3 aromatic rings. The number of halogens is 1. The van der Waals surface area contributed by atoms with Crippen LogP contribution in [0.25, 0.3) is 11.5 Å². The zero-order chi connectivity index (χ0) is 17.1. The summed E-state index contributed by atoms with van der Waals surface area (Å²) in [5.74, 6) is 0.578. The van der Waals surface area contributed by atoms with Gasteiger partial charge in [-0.2, -0.15) is 10.1 Å². The molecule has 0 aliphatic carbocycles. The number of carbonyl (C=O) groups excluding carboxylic acids is 1. The van der Waals surface area contributed by atoms with Gasteiger partial charge in [-0.25, -0.2) is 0 Å². The lowest BCUT2D eigenvalue weighted by atomic mass is 10.3. The minimum Gasteiger partial charge on any atom is -0.337 e. The maximum absolute atomic E-state index is 12.2. The molecule has 0 aromatic carbocycles. The van der Waals surface area contributed by atoms with E-state index in [-0.39, 0.29) is 19.0 Å². The fraction of sp³-hybridized carbons (Fsp3) is 0.267. The summed E-state index contributed by atoms with van der Waals surface area (Å²) in [5.41, 5.74) is 1.30. The second-order valence-electron chi connectivity index (χ2n) is 5.24. The molecule has 0 N–H and O–H groups in total. The van der Waals surface area contributed by atoms with Crippen molar-refractivity contribution < 1.29 is 9.32 Å². The molecule has 1 amide bonds. The highest BCUT2D eigenvalue weighted by molar-refractivity contribution is 6.31. The largest absolute Gasteiger partial charge is 0.337 e. The van der Waals surface area contributed by atoms with Crippen LogP contribution in [0.4, 0.5) is 0 Å². The molecule has 8 nitrogen and oxygen atoms in total. The van der Waals surface area contributed by atoms with Crippen molar-refractivity contribution in [3.8, 4) is 11.5 Å². The third-order valence-electron chi connectivity index (χ3n) is 3.34. The summed E-state index contributed by atoms with van der Waals surface area (Å²) in [6, 6.07) is 5.43. The van der Waals surface area contributed by atoms with E-state index in [2.05, 4.69) is 20.2 Å². The van der Waals surface area contributed by atoms with Crippen LogP contribution in [0, 0.1) is 6.92 Å². The first-order chi connectivity index (χ1) is 11.5. The fourth-order valence-electron chi connectivity index (χ4n) is 2.04. The van der Waals surface area contributed by atoms with Gasteiger partial charge in [0.05, 0.1) is 17.3 Å². The number of nitrogens with zero attached hydrogens (tertiary/aromatic N) is 6. The molecule has 0 saturated heterocycles. The molecule has 0 aliphatic heterocycles. The van der Waals surface area contributed by atoms with Crippen LogP contribution in [0.1, 0.15) is 11.6 Å². The number of pyridine rings is 1. The number of amides is 1. The van der Waals surface area contributed by atoms with Gasteiger partial charge in [0.25, 0.3) is 0 Å². The average molecular weight is 347 g/mol. The lowest BCUT2D eigenvalue weighted by molar-refractivity contribution is -0.131. The zero-order valence-corrected chi connectivity index (χ0v) is 13.9. The summed E-state index contributed by atoms with van der Waals surface area (Å²) in [6.07, 6.45) is 3.27. The van der Waals surface area contributed by atoms with Gasteiger partial charge in [-0.3, -0.25) is 14.5 Å². The van der Waals surface area contributed by atoms with Crippen LogP contribution in [0.3, 0.4) is 0 Å². The van der Waals surface area contributed by atoms with E-state index >= 15 is 0 Å². The molecule has 0 bridgehead atoms. The standard InChI is InChI=1S/C15H15ClN6O2/c1-10-11(16)7-22(19-10)9-14(23)21(2)8-13-18-15(20-24-13)12-5-3-4-6-17-12/h3-7H,8-9H2,1-2H3. The molecule has 0 saturated carbocycles. The summed E-state index contributed by atoms with van der Waals surface area (Å²) >= 11 is 5.94. The Labute approximate surface area is 143 Å². The summed E-state index contributed by atoms with van der Waals surface area (Å²) in [5, 5.41) is 8.57. The zero-order valence-electron chi connectivity index (χ0n) is 13.2. The lowest BCUT2D eigenvalue weighted by Gasteiger charge is -2.14. The van der Waals surface area contributed by atoms with Gasteiger partial charge < -0.3 is 9.42 Å². The molecule has 24 heavy (non-hydrogen) atoms. The number of likely N-dealkylation sites (N-methyl/N-ethyl adjacent to an activating group) is 1. The van der Waals surface area contributed by atoms with Gasteiger partial charge in [0.15, 0.2) is 0 Å². The van der Waals surface area contributed by atoms with Crippen LogP contribution in [-0.4, -0.2) is 42.8 Å². The molecule has 9 heteroatoms. The lowest BCUT2D eigenvalue weighted by Crippen LogP contribution is -2.30. The first-order valence-electron chi connectivity index (χ1n) is 7.20. The highest BCUT2D eigenvalue weighted by atomic mass is 35.5. The summed E-state index contributed by atoms with van der Waals surface area (Å²) in [6.45, 7) is 2.07. The quantitative estimate of drug-likeness (QED) is 0.701. The molecule has 0 aliphatic rings. The minimum absolute atomic E-state index is 0.0886. The normalized spacial score (nSPS) is 10.8. The molecule has 0 unspecified atom stereocenters. The van der Waals surface area contributed by atoms with Crippen molar-refractivity contribution in [2.24, 2.45) is 0 Å². The fourth-order valence-corrected chi connectivity index (χ4v) is 2.19. The molecule has 0 spiro atoms. The monoisotopic (exact) mass is 346 g/mol. The van der Waals surface area contributed by atoms with Gasteiger partial charge in [-0.15, -0.1) is 0 Å². The molecule has 3 heterocycles. The Morgan fingerprint density at radius 2 is 2.25 bits per heavy atom. The molecular formula is C15H15ClN6O2. The van der Waals surface area contributed by atoms with Gasteiger partial charge in [0.2, 0.25) is 17.6 Å². The number of rotatable bonds is 5. The van der Waals surface area contributed by atoms with Crippen LogP contribution in [0.5, 0.6) is 0 Å². The molecule has 124 valence electrons. The molecular weight excluding hydrogens is 332 g/mol. The molecule has 3 aromatic heterocycles. The van der Waals surface area contributed by atoms with Crippen molar-refractivity contribution in [3.63, 3.8) is 0 Å². The van der Waals surface area contributed by atoms with Crippen LogP contribution >= 0.6 is 11.6 Å². The maximum Gasteiger partial charge on any atom is 0.246 e. The van der Waals surface area contributed by atoms with E-state index in [9.17, 15) is 4.79 Å². The Hall–Kier alpha value is -2.74. The Morgan fingerprint density at radius 3 is 2.92 bits per heavy atom. The van der Waals surface area contributed by atoms with E-state index in [1.807, 2.05) is 6.07 Å². The van der Waals surface area contributed by atoms with E-state index in [0.29, 0.717) is 28.1 Å². The molecule has 0 fully saturated rings. The van der Waals surface area contributed by atoms with Gasteiger partial charge in [-0.05, 0) is 19.1 Å². The third-order valence-corrected chi connectivity index (χ3v) is 3.72. The number of hydrogen-bond donors (Lipinski definition) is 0. The van der Waals surface area contributed by atoms with Crippen LogP contribution in [0.15, 0.2) is 35.1 Å². The Balaban J connectivity index is 1.63. The first kappa shape index (κ1) is 16.1. The summed E-state index contributed by atoms with van der Waals surface area (Å²) in [4.78, 5) is 22.1. The van der Waals surface area contributed by atoms with Gasteiger partial charge in [0.1, 0.15) is 12.2 Å².